The SMILES string of the molecule is COc1cccc(COc2cnsc2)c1. The van der Waals surface area contributed by atoms with Crippen molar-refractivity contribution >= 4 is 11.5 Å². The molecule has 0 spiro atoms. The third-order valence-electron chi connectivity index (χ3n) is 1.95. The van der Waals surface area contributed by atoms with Crippen LogP contribution in [0.5, 0.6) is 11.5 Å². The van der Waals surface area contributed by atoms with Crippen LogP contribution in [0.2, 0.25) is 0 Å². The van der Waals surface area contributed by atoms with Crippen LogP contribution < -0.4 is 9.47 Å². The van der Waals surface area contributed by atoms with Gasteiger partial charge < -0.3 is 9.47 Å². The van der Waals surface area contributed by atoms with Crippen LogP contribution in [0.3, 0.4) is 0 Å². The van der Waals surface area contributed by atoms with Crippen molar-refractivity contribution in [2.24, 2.45) is 0 Å². The summed E-state index contributed by atoms with van der Waals surface area (Å²) >= 11 is 1.38. The van der Waals surface area contributed by atoms with E-state index >= 15 is 0 Å². The van der Waals surface area contributed by atoms with Gasteiger partial charge in [0.25, 0.3) is 0 Å². The summed E-state index contributed by atoms with van der Waals surface area (Å²) in [5, 5.41) is 1.88. The number of hydrogen-bond donors (Lipinski definition) is 0. The van der Waals surface area contributed by atoms with E-state index < -0.39 is 0 Å². The highest BCUT2D eigenvalue weighted by molar-refractivity contribution is 7.03. The molecule has 0 aliphatic heterocycles. The highest BCUT2D eigenvalue weighted by atomic mass is 32.1. The molecule has 1 aromatic heterocycles. The molecule has 2 aromatic rings. The topological polar surface area (TPSA) is 31.4 Å². The Morgan fingerprint density at radius 1 is 1.33 bits per heavy atom. The monoisotopic (exact) mass is 221 g/mol. The Kier molecular flexibility index (Phi) is 3.19. The van der Waals surface area contributed by atoms with Crippen LogP contribution in [-0.2, 0) is 6.61 Å². The lowest BCUT2D eigenvalue weighted by Crippen LogP contribution is -1.94. The van der Waals surface area contributed by atoms with Gasteiger partial charge in [0, 0.05) is 0 Å². The van der Waals surface area contributed by atoms with Gasteiger partial charge in [-0.1, -0.05) is 12.1 Å². The van der Waals surface area contributed by atoms with Gasteiger partial charge in [-0.15, -0.1) is 0 Å². The highest BCUT2D eigenvalue weighted by Gasteiger charge is 1.98. The lowest BCUT2D eigenvalue weighted by Gasteiger charge is -2.05. The first-order valence-electron chi connectivity index (χ1n) is 4.53. The molecule has 0 radical (unpaired) electrons. The van der Waals surface area contributed by atoms with E-state index in [1.807, 2.05) is 29.6 Å². The first kappa shape index (κ1) is 9.98. The Morgan fingerprint density at radius 3 is 3.00 bits per heavy atom. The van der Waals surface area contributed by atoms with Crippen LogP contribution >= 0.6 is 11.5 Å². The molecule has 0 saturated carbocycles. The summed E-state index contributed by atoms with van der Waals surface area (Å²) in [4.78, 5) is 0. The molecule has 0 aliphatic carbocycles. The Labute approximate surface area is 92.4 Å². The second kappa shape index (κ2) is 4.79. The van der Waals surface area contributed by atoms with E-state index in [1.165, 1.54) is 11.5 Å². The molecule has 78 valence electrons. The maximum absolute atomic E-state index is 5.52. The van der Waals surface area contributed by atoms with Crippen molar-refractivity contribution in [3.8, 4) is 11.5 Å². The first-order valence-corrected chi connectivity index (χ1v) is 5.37. The number of hydrogen-bond acceptors (Lipinski definition) is 4. The Balaban J connectivity index is 1.98. The second-order valence-electron chi connectivity index (χ2n) is 3.00. The van der Waals surface area contributed by atoms with Crippen molar-refractivity contribution in [3.05, 3.63) is 41.4 Å². The van der Waals surface area contributed by atoms with Gasteiger partial charge >= 0.3 is 0 Å². The fourth-order valence-corrected chi connectivity index (χ4v) is 1.65. The maximum Gasteiger partial charge on any atom is 0.150 e. The Bertz CT molecular complexity index is 414. The number of nitrogens with zero attached hydrogens (tertiary/aromatic N) is 1. The van der Waals surface area contributed by atoms with Crippen molar-refractivity contribution in [2.45, 2.75) is 6.61 Å². The molecule has 0 saturated heterocycles. The van der Waals surface area contributed by atoms with E-state index in [4.69, 9.17) is 9.47 Å². The smallest absolute Gasteiger partial charge is 0.150 e. The standard InChI is InChI=1S/C11H11NO2S/c1-13-10-4-2-3-9(5-10)7-14-11-6-12-15-8-11/h2-6,8H,7H2,1H3. The summed E-state index contributed by atoms with van der Waals surface area (Å²) in [6.45, 7) is 0.537. The molecule has 3 nitrogen and oxygen atoms in total. The minimum absolute atomic E-state index is 0.537. The summed E-state index contributed by atoms with van der Waals surface area (Å²) in [6, 6.07) is 7.82. The fourth-order valence-electron chi connectivity index (χ4n) is 1.20. The molecule has 2 rings (SSSR count). The van der Waals surface area contributed by atoms with Crippen molar-refractivity contribution in [1.82, 2.24) is 4.37 Å². The largest absolute Gasteiger partial charge is 0.497 e. The zero-order valence-corrected chi connectivity index (χ0v) is 9.16. The van der Waals surface area contributed by atoms with Gasteiger partial charge in [0.2, 0.25) is 0 Å². The van der Waals surface area contributed by atoms with Gasteiger partial charge in [0.1, 0.15) is 12.4 Å². The number of rotatable bonds is 4. The molecule has 1 aromatic carbocycles. The second-order valence-corrected chi connectivity index (χ2v) is 3.66. The van der Waals surface area contributed by atoms with Gasteiger partial charge in [0.05, 0.1) is 18.7 Å². The summed E-state index contributed by atoms with van der Waals surface area (Å²) in [5.41, 5.74) is 1.08. The molecule has 0 N–H and O–H groups in total. The van der Waals surface area contributed by atoms with Crippen LogP contribution in [-0.4, -0.2) is 11.5 Å². The van der Waals surface area contributed by atoms with Crippen molar-refractivity contribution in [1.29, 1.82) is 0 Å². The minimum Gasteiger partial charge on any atom is -0.497 e. The summed E-state index contributed by atoms with van der Waals surface area (Å²) in [6.07, 6.45) is 1.71. The van der Waals surface area contributed by atoms with Gasteiger partial charge in [-0.05, 0) is 29.2 Å². The molecule has 4 heteroatoms. The van der Waals surface area contributed by atoms with E-state index in [2.05, 4.69) is 4.37 Å². The van der Waals surface area contributed by atoms with Gasteiger partial charge in [-0.2, -0.15) is 4.37 Å². The van der Waals surface area contributed by atoms with E-state index in [0.717, 1.165) is 17.1 Å². The molecular weight excluding hydrogens is 210 g/mol. The molecule has 0 amide bonds. The zero-order valence-electron chi connectivity index (χ0n) is 8.34. The number of aromatic nitrogens is 1. The lowest BCUT2D eigenvalue weighted by atomic mass is 10.2. The van der Waals surface area contributed by atoms with Crippen LogP contribution in [0.15, 0.2) is 35.8 Å². The van der Waals surface area contributed by atoms with E-state index in [0.29, 0.717) is 6.61 Å². The zero-order chi connectivity index (χ0) is 10.5. The van der Waals surface area contributed by atoms with E-state index in [9.17, 15) is 0 Å². The predicted molar refractivity (Wildman–Crippen MR) is 59.4 cm³/mol. The predicted octanol–water partition coefficient (Wildman–Crippen LogP) is 2.73. The van der Waals surface area contributed by atoms with Crippen LogP contribution in [0.4, 0.5) is 0 Å². The van der Waals surface area contributed by atoms with Crippen molar-refractivity contribution in [2.75, 3.05) is 7.11 Å². The van der Waals surface area contributed by atoms with Gasteiger partial charge in [-0.3, -0.25) is 0 Å². The third kappa shape index (κ3) is 2.70. The Morgan fingerprint density at radius 2 is 2.27 bits per heavy atom. The quantitative estimate of drug-likeness (QED) is 0.795. The molecule has 0 bridgehead atoms. The Hall–Kier alpha value is -1.55. The molecule has 15 heavy (non-hydrogen) atoms. The number of benzene rings is 1. The maximum atomic E-state index is 5.52. The van der Waals surface area contributed by atoms with Crippen LogP contribution in [0, 0.1) is 0 Å². The average molecular weight is 221 g/mol. The molecule has 0 aliphatic rings. The number of methoxy groups -OCH3 is 1. The van der Waals surface area contributed by atoms with Crippen LogP contribution in [0.25, 0.3) is 0 Å². The van der Waals surface area contributed by atoms with Crippen LogP contribution in [0.1, 0.15) is 5.56 Å². The molecule has 1 heterocycles. The summed E-state index contributed by atoms with van der Waals surface area (Å²) in [7, 11) is 1.66. The van der Waals surface area contributed by atoms with Crippen molar-refractivity contribution in [3.63, 3.8) is 0 Å². The molecule has 0 unspecified atom stereocenters. The van der Waals surface area contributed by atoms with Crippen molar-refractivity contribution < 1.29 is 9.47 Å². The molecule has 0 fully saturated rings. The normalized spacial score (nSPS) is 9.93. The lowest BCUT2D eigenvalue weighted by molar-refractivity contribution is 0.306. The summed E-state index contributed by atoms with van der Waals surface area (Å²) in [5.74, 6) is 1.65. The fraction of sp³-hybridized carbons (Fsp3) is 0.182. The molecular formula is C11H11NO2S. The average Bonchev–Trinajstić information content (AvgIpc) is 2.79. The van der Waals surface area contributed by atoms with Gasteiger partial charge in [-0.25, -0.2) is 0 Å². The summed E-state index contributed by atoms with van der Waals surface area (Å²) < 4.78 is 14.6. The number of ether oxygens (including phenoxy) is 2. The highest BCUT2D eigenvalue weighted by Crippen LogP contribution is 2.16. The third-order valence-corrected chi connectivity index (χ3v) is 2.51. The molecule has 0 atom stereocenters. The van der Waals surface area contributed by atoms with E-state index in [1.54, 1.807) is 13.3 Å². The van der Waals surface area contributed by atoms with Gasteiger partial charge in [0.15, 0.2) is 5.75 Å². The van der Waals surface area contributed by atoms with E-state index in [-0.39, 0.29) is 0 Å². The first-order chi connectivity index (χ1) is 7.38. The minimum atomic E-state index is 0.537.